The van der Waals surface area contributed by atoms with E-state index in [0.29, 0.717) is 34.3 Å². The summed E-state index contributed by atoms with van der Waals surface area (Å²) in [6.45, 7) is 2.16. The number of carbonyl (C=O) groups is 1. The monoisotopic (exact) mass is 426 g/mol. The molecule has 3 aromatic heterocycles. The van der Waals surface area contributed by atoms with Crippen molar-refractivity contribution in [2.75, 3.05) is 6.61 Å². The minimum Gasteiger partial charge on any atom is -0.485 e. The average Bonchev–Trinajstić information content (AvgIpc) is 3.03. The smallest absolute Gasteiger partial charge is 0.355 e. The average molecular weight is 426 g/mol. The molecular weight excluding hydrogens is 408 g/mol. The number of fused-ring (bicyclic) bond motifs is 1. The Morgan fingerprint density at radius 3 is 2.67 bits per heavy atom. The first-order valence-electron chi connectivity index (χ1n) is 8.96. The van der Waals surface area contributed by atoms with E-state index in [1.807, 2.05) is 6.92 Å². The Labute approximate surface area is 168 Å². The van der Waals surface area contributed by atoms with E-state index in [-0.39, 0.29) is 18.0 Å². The van der Waals surface area contributed by atoms with Crippen molar-refractivity contribution in [3.05, 3.63) is 47.2 Å². The van der Waals surface area contributed by atoms with E-state index >= 15 is 0 Å². The number of aryl methyl sites for hydroxylation is 2. The van der Waals surface area contributed by atoms with E-state index < -0.39 is 24.9 Å². The van der Waals surface area contributed by atoms with Crippen molar-refractivity contribution in [2.24, 2.45) is 0 Å². The van der Waals surface area contributed by atoms with Crippen LogP contribution in [0.25, 0.3) is 10.9 Å². The third kappa shape index (κ3) is 4.19. The van der Waals surface area contributed by atoms with Crippen molar-refractivity contribution < 1.29 is 32.2 Å². The van der Waals surface area contributed by atoms with Crippen LogP contribution in [0.5, 0.6) is 5.75 Å². The van der Waals surface area contributed by atoms with E-state index in [2.05, 4.69) is 15.1 Å². The summed E-state index contributed by atoms with van der Waals surface area (Å²) >= 11 is 0. The van der Waals surface area contributed by atoms with Gasteiger partial charge in [0, 0.05) is 11.9 Å². The van der Waals surface area contributed by atoms with Gasteiger partial charge in [0.05, 0.1) is 29.3 Å². The van der Waals surface area contributed by atoms with Gasteiger partial charge in [-0.25, -0.2) is 18.6 Å². The molecule has 11 heteroatoms. The minimum atomic E-state index is -4.26. The van der Waals surface area contributed by atoms with Crippen molar-refractivity contribution in [1.29, 1.82) is 0 Å². The molecule has 0 unspecified atom stereocenters. The number of aromatic nitrogens is 4. The van der Waals surface area contributed by atoms with E-state index in [1.54, 1.807) is 23.7 Å². The quantitative estimate of drug-likeness (QED) is 0.552. The number of rotatable bonds is 8. The number of pyridine rings is 2. The highest BCUT2D eigenvalue weighted by Gasteiger charge is 2.41. The Hall–Kier alpha value is -3.24. The predicted molar refractivity (Wildman–Crippen MR) is 98.4 cm³/mol. The predicted octanol–water partition coefficient (Wildman–Crippen LogP) is 3.72. The van der Waals surface area contributed by atoms with Crippen LogP contribution in [0.15, 0.2) is 24.5 Å². The van der Waals surface area contributed by atoms with Gasteiger partial charge in [0.1, 0.15) is 5.75 Å². The number of aromatic carboxylic acids is 1. The van der Waals surface area contributed by atoms with Crippen LogP contribution in [-0.4, -0.2) is 49.8 Å². The van der Waals surface area contributed by atoms with Gasteiger partial charge in [0.2, 0.25) is 0 Å². The van der Waals surface area contributed by atoms with Crippen LogP contribution < -0.4 is 4.74 Å². The second kappa shape index (κ2) is 8.25. The normalized spacial score (nSPS) is 12.0. The van der Waals surface area contributed by atoms with Gasteiger partial charge in [-0.3, -0.25) is 9.67 Å². The standard InChI is InChI=1S/C19H18F4N4O3/c1-3-13-15-12(4-5-24-16(15)17(28)29)26-27(13)8-11-6-10(2)14(7-25-11)30-9-19(22,23)18(20)21/h4-7,18H,3,8-9H2,1-2H3,(H,28,29). The first kappa shape index (κ1) is 21.5. The van der Waals surface area contributed by atoms with Crippen LogP contribution in [0.3, 0.4) is 0 Å². The second-order valence-electron chi connectivity index (χ2n) is 6.61. The summed E-state index contributed by atoms with van der Waals surface area (Å²) in [6.07, 6.45) is -0.778. The van der Waals surface area contributed by atoms with Crippen LogP contribution >= 0.6 is 0 Å². The highest BCUT2D eigenvalue weighted by molar-refractivity contribution is 6.01. The Balaban J connectivity index is 1.87. The van der Waals surface area contributed by atoms with Crippen molar-refractivity contribution >= 4 is 16.9 Å². The number of hydrogen-bond donors (Lipinski definition) is 1. The molecule has 3 rings (SSSR count). The summed E-state index contributed by atoms with van der Waals surface area (Å²) in [5.41, 5.74) is 1.99. The van der Waals surface area contributed by atoms with Gasteiger partial charge in [0.15, 0.2) is 12.3 Å². The van der Waals surface area contributed by atoms with Gasteiger partial charge in [-0.15, -0.1) is 0 Å². The van der Waals surface area contributed by atoms with E-state index in [4.69, 9.17) is 4.74 Å². The number of halogens is 4. The summed E-state index contributed by atoms with van der Waals surface area (Å²) in [5, 5.41) is 14.2. The second-order valence-corrected chi connectivity index (χ2v) is 6.61. The molecule has 0 aliphatic carbocycles. The summed E-state index contributed by atoms with van der Waals surface area (Å²) in [5.74, 6) is -5.45. The van der Waals surface area contributed by atoms with Crippen LogP contribution in [0.4, 0.5) is 17.6 Å². The first-order chi connectivity index (χ1) is 14.1. The third-order valence-corrected chi connectivity index (χ3v) is 4.47. The molecule has 0 saturated heterocycles. The first-order valence-corrected chi connectivity index (χ1v) is 8.96. The molecule has 0 aromatic carbocycles. The van der Waals surface area contributed by atoms with Crippen LogP contribution in [0, 0.1) is 6.92 Å². The molecule has 0 saturated carbocycles. The van der Waals surface area contributed by atoms with Gasteiger partial charge in [0.25, 0.3) is 0 Å². The van der Waals surface area contributed by atoms with Crippen molar-refractivity contribution in [3.63, 3.8) is 0 Å². The lowest BCUT2D eigenvalue weighted by Gasteiger charge is -2.17. The van der Waals surface area contributed by atoms with E-state index in [1.165, 1.54) is 12.4 Å². The Kier molecular flexibility index (Phi) is 5.90. The highest BCUT2D eigenvalue weighted by Crippen LogP contribution is 2.26. The molecule has 3 aromatic rings. The molecule has 1 N–H and O–H groups in total. The summed E-state index contributed by atoms with van der Waals surface area (Å²) in [4.78, 5) is 19.5. The molecule has 0 bridgehead atoms. The van der Waals surface area contributed by atoms with Crippen molar-refractivity contribution in [1.82, 2.24) is 19.7 Å². The number of alkyl halides is 4. The third-order valence-electron chi connectivity index (χ3n) is 4.47. The minimum absolute atomic E-state index is 0.0298. The lowest BCUT2D eigenvalue weighted by Crippen LogP contribution is -2.33. The fourth-order valence-corrected chi connectivity index (χ4v) is 3.02. The number of hydrogen-bond acceptors (Lipinski definition) is 5. The largest absolute Gasteiger partial charge is 0.485 e. The lowest BCUT2D eigenvalue weighted by molar-refractivity contribution is -0.148. The van der Waals surface area contributed by atoms with Crippen LogP contribution in [-0.2, 0) is 13.0 Å². The Morgan fingerprint density at radius 1 is 1.33 bits per heavy atom. The summed E-state index contributed by atoms with van der Waals surface area (Å²) in [6, 6.07) is 3.17. The maximum absolute atomic E-state index is 13.1. The van der Waals surface area contributed by atoms with Gasteiger partial charge in [-0.2, -0.15) is 13.9 Å². The number of carboxylic acids is 1. The molecular formula is C19H18F4N4O3. The Morgan fingerprint density at radius 2 is 2.07 bits per heavy atom. The van der Waals surface area contributed by atoms with Gasteiger partial charge in [-0.05, 0) is 31.0 Å². The number of nitrogens with zero attached hydrogens (tertiary/aromatic N) is 4. The maximum Gasteiger partial charge on any atom is 0.355 e. The molecule has 3 heterocycles. The maximum atomic E-state index is 13.1. The SMILES string of the molecule is CCc1c2c(C(=O)O)nccc2nn1Cc1cc(C)c(OCC(F)(F)C(F)F)cn1. The fourth-order valence-electron chi connectivity index (χ4n) is 3.02. The molecule has 30 heavy (non-hydrogen) atoms. The molecule has 0 spiro atoms. The molecule has 0 radical (unpaired) electrons. The molecule has 0 aliphatic rings. The Bertz CT molecular complexity index is 1090. The molecule has 160 valence electrons. The zero-order valence-corrected chi connectivity index (χ0v) is 16.1. The van der Waals surface area contributed by atoms with Crippen molar-refractivity contribution in [2.45, 2.75) is 39.2 Å². The molecule has 0 aliphatic heterocycles. The number of carboxylic acid groups (broad SMARTS) is 1. The van der Waals surface area contributed by atoms with Gasteiger partial charge in [-0.1, -0.05) is 6.92 Å². The fraction of sp³-hybridized carbons (Fsp3) is 0.368. The van der Waals surface area contributed by atoms with E-state index in [9.17, 15) is 27.5 Å². The molecule has 7 nitrogen and oxygen atoms in total. The highest BCUT2D eigenvalue weighted by atomic mass is 19.3. The lowest BCUT2D eigenvalue weighted by atomic mass is 10.1. The number of ether oxygens (including phenoxy) is 1. The van der Waals surface area contributed by atoms with Crippen LogP contribution in [0.2, 0.25) is 0 Å². The van der Waals surface area contributed by atoms with E-state index in [0.717, 1.165) is 0 Å². The molecule has 0 amide bonds. The topological polar surface area (TPSA) is 90.1 Å². The van der Waals surface area contributed by atoms with Gasteiger partial charge < -0.3 is 9.84 Å². The summed E-state index contributed by atoms with van der Waals surface area (Å²) < 4.78 is 57.0. The van der Waals surface area contributed by atoms with Crippen LogP contribution in [0.1, 0.15) is 34.4 Å². The van der Waals surface area contributed by atoms with Gasteiger partial charge >= 0.3 is 18.3 Å². The molecule has 0 fully saturated rings. The molecule has 0 atom stereocenters. The van der Waals surface area contributed by atoms with Crippen molar-refractivity contribution in [3.8, 4) is 5.75 Å². The summed E-state index contributed by atoms with van der Waals surface area (Å²) in [7, 11) is 0. The zero-order valence-electron chi connectivity index (χ0n) is 16.1. The zero-order chi connectivity index (χ0) is 22.1.